The fraction of sp³-hybridized carbons (Fsp3) is 0.240. The van der Waals surface area contributed by atoms with Crippen LogP contribution in [0.2, 0.25) is 0 Å². The summed E-state index contributed by atoms with van der Waals surface area (Å²) in [5, 5.41) is 3.23. The normalized spacial score (nSPS) is 16.6. The van der Waals surface area contributed by atoms with Gasteiger partial charge in [-0.2, -0.15) is 13.2 Å². The van der Waals surface area contributed by atoms with Gasteiger partial charge >= 0.3 is 6.18 Å². The molecular weight excluding hydrogens is 418 g/mol. The quantitative estimate of drug-likeness (QED) is 0.416. The van der Waals surface area contributed by atoms with E-state index in [1.807, 2.05) is 56.3 Å². The predicted octanol–water partition coefficient (Wildman–Crippen LogP) is 7.48. The number of aryl methyl sites for hydroxylation is 1. The summed E-state index contributed by atoms with van der Waals surface area (Å²) in [4.78, 5) is 4.66. The lowest BCUT2D eigenvalue weighted by Crippen LogP contribution is -2.25. The van der Waals surface area contributed by atoms with Crippen molar-refractivity contribution in [3.63, 3.8) is 0 Å². The molecule has 166 valence electrons. The minimum atomic E-state index is -4.61. The van der Waals surface area contributed by atoms with Crippen molar-refractivity contribution >= 4 is 28.2 Å². The smallest absolute Gasteiger partial charge is 0.326 e. The minimum absolute atomic E-state index is 0.00619. The summed E-state index contributed by atoms with van der Waals surface area (Å²) in [6, 6.07) is 13.2. The third-order valence-corrected chi connectivity index (χ3v) is 5.61. The molecule has 2 aromatic carbocycles. The molecule has 4 rings (SSSR count). The molecule has 0 aliphatic heterocycles. The molecule has 1 N–H and O–H groups in total. The standard InChI is InChI=1S/C25H23F4N3/c1-15(2)17-7-11-23-22(12-17)31-24(30-20-9-4-16(3)5-10-20)32(23)14-18-6-8-19(26)13-21(18)25(27,28)29/h4-5,7-13,18H,1,6,14H2,2-3H3,(H,30,31). The molecule has 0 amide bonds. The summed E-state index contributed by atoms with van der Waals surface area (Å²) in [6.07, 6.45) is -2.85. The zero-order chi connectivity index (χ0) is 23.0. The first-order chi connectivity index (χ1) is 15.1. The summed E-state index contributed by atoms with van der Waals surface area (Å²) in [7, 11) is 0. The third kappa shape index (κ3) is 4.47. The first kappa shape index (κ1) is 21.9. The Morgan fingerprint density at radius 1 is 1.19 bits per heavy atom. The SMILES string of the molecule is C=C(C)c1ccc2c(c1)nc(Nc1ccc(C)cc1)n2CC1CC=C(F)C=C1C(F)(F)F. The number of alkyl halides is 3. The second kappa shape index (κ2) is 8.30. The Kier molecular flexibility index (Phi) is 5.67. The number of benzene rings is 2. The third-order valence-electron chi connectivity index (χ3n) is 5.61. The summed E-state index contributed by atoms with van der Waals surface area (Å²) < 4.78 is 56.2. The van der Waals surface area contributed by atoms with Gasteiger partial charge < -0.3 is 9.88 Å². The van der Waals surface area contributed by atoms with Crippen LogP contribution in [0.5, 0.6) is 0 Å². The molecule has 0 saturated heterocycles. The molecule has 1 heterocycles. The van der Waals surface area contributed by atoms with Crippen LogP contribution in [0.4, 0.5) is 29.2 Å². The van der Waals surface area contributed by atoms with Crippen LogP contribution in [0.25, 0.3) is 16.6 Å². The maximum atomic E-state index is 13.6. The van der Waals surface area contributed by atoms with Gasteiger partial charge in [0.15, 0.2) is 0 Å². The highest BCUT2D eigenvalue weighted by Gasteiger charge is 2.40. The minimum Gasteiger partial charge on any atom is -0.326 e. The predicted molar refractivity (Wildman–Crippen MR) is 120 cm³/mol. The van der Waals surface area contributed by atoms with E-state index < -0.39 is 23.5 Å². The summed E-state index contributed by atoms with van der Waals surface area (Å²) in [6.45, 7) is 7.81. The molecule has 7 heteroatoms. The van der Waals surface area contributed by atoms with E-state index in [4.69, 9.17) is 0 Å². The van der Waals surface area contributed by atoms with Gasteiger partial charge in [0.1, 0.15) is 5.83 Å². The fourth-order valence-electron chi connectivity index (χ4n) is 3.86. The highest BCUT2D eigenvalue weighted by atomic mass is 19.4. The van der Waals surface area contributed by atoms with Gasteiger partial charge in [-0.25, -0.2) is 9.37 Å². The van der Waals surface area contributed by atoms with Crippen molar-refractivity contribution in [1.29, 1.82) is 0 Å². The number of halogens is 4. The first-order valence-corrected chi connectivity index (χ1v) is 10.3. The Balaban J connectivity index is 1.78. The van der Waals surface area contributed by atoms with E-state index in [0.717, 1.165) is 22.4 Å². The second-order valence-corrected chi connectivity index (χ2v) is 8.14. The van der Waals surface area contributed by atoms with Crippen LogP contribution in [0.1, 0.15) is 24.5 Å². The Morgan fingerprint density at radius 3 is 2.56 bits per heavy atom. The van der Waals surface area contributed by atoms with E-state index >= 15 is 0 Å². The lowest BCUT2D eigenvalue weighted by molar-refractivity contribution is -0.100. The molecule has 3 aromatic rings. The Bertz CT molecular complexity index is 1230. The van der Waals surface area contributed by atoms with E-state index in [1.54, 1.807) is 4.57 Å². The average molecular weight is 441 g/mol. The van der Waals surface area contributed by atoms with E-state index in [2.05, 4.69) is 16.9 Å². The maximum absolute atomic E-state index is 13.6. The molecule has 1 atom stereocenters. The van der Waals surface area contributed by atoms with Crippen LogP contribution in [-0.2, 0) is 6.54 Å². The molecule has 0 spiro atoms. The van der Waals surface area contributed by atoms with Crippen LogP contribution in [0, 0.1) is 12.8 Å². The zero-order valence-corrected chi connectivity index (χ0v) is 17.8. The largest absolute Gasteiger partial charge is 0.413 e. The van der Waals surface area contributed by atoms with Crippen molar-refractivity contribution in [2.45, 2.75) is 33.0 Å². The zero-order valence-electron chi connectivity index (χ0n) is 17.8. The Labute approximate surface area is 183 Å². The average Bonchev–Trinajstić information content (AvgIpc) is 3.06. The van der Waals surface area contributed by atoms with Gasteiger partial charge in [-0.05, 0) is 62.2 Å². The van der Waals surface area contributed by atoms with Crippen LogP contribution < -0.4 is 5.32 Å². The number of hydrogen-bond acceptors (Lipinski definition) is 2. The van der Waals surface area contributed by atoms with Gasteiger partial charge in [-0.15, -0.1) is 0 Å². The van der Waals surface area contributed by atoms with Crippen LogP contribution in [0.15, 0.2) is 72.6 Å². The number of allylic oxidation sites excluding steroid dienone is 5. The van der Waals surface area contributed by atoms with Crippen molar-refractivity contribution < 1.29 is 17.6 Å². The van der Waals surface area contributed by atoms with Crippen LogP contribution >= 0.6 is 0 Å². The van der Waals surface area contributed by atoms with Crippen molar-refractivity contribution in [3.8, 4) is 0 Å². The number of rotatable bonds is 5. The monoisotopic (exact) mass is 441 g/mol. The highest BCUT2D eigenvalue weighted by Crippen LogP contribution is 2.39. The molecule has 1 unspecified atom stereocenters. The lowest BCUT2D eigenvalue weighted by atomic mass is 9.90. The molecule has 1 aromatic heterocycles. The summed E-state index contributed by atoms with van der Waals surface area (Å²) >= 11 is 0. The van der Waals surface area contributed by atoms with Gasteiger partial charge in [0, 0.05) is 23.7 Å². The molecule has 0 fully saturated rings. The van der Waals surface area contributed by atoms with Crippen LogP contribution in [-0.4, -0.2) is 15.7 Å². The molecule has 0 bridgehead atoms. The number of fused-ring (bicyclic) bond motifs is 1. The van der Waals surface area contributed by atoms with Crippen molar-refractivity contribution in [2.24, 2.45) is 5.92 Å². The highest BCUT2D eigenvalue weighted by molar-refractivity contribution is 5.83. The number of aromatic nitrogens is 2. The molecule has 1 aliphatic carbocycles. The van der Waals surface area contributed by atoms with Crippen molar-refractivity contribution in [2.75, 3.05) is 5.32 Å². The summed E-state index contributed by atoms with van der Waals surface area (Å²) in [5.74, 6) is -1.35. The number of nitrogens with one attached hydrogen (secondary N) is 1. The molecule has 32 heavy (non-hydrogen) atoms. The van der Waals surface area contributed by atoms with E-state index in [0.29, 0.717) is 23.1 Å². The van der Waals surface area contributed by atoms with E-state index in [-0.39, 0.29) is 13.0 Å². The Morgan fingerprint density at radius 2 is 1.91 bits per heavy atom. The first-order valence-electron chi connectivity index (χ1n) is 10.3. The molecule has 3 nitrogen and oxygen atoms in total. The maximum Gasteiger partial charge on any atom is 0.413 e. The number of anilines is 2. The van der Waals surface area contributed by atoms with Gasteiger partial charge in [0.25, 0.3) is 0 Å². The lowest BCUT2D eigenvalue weighted by Gasteiger charge is -2.25. The molecule has 0 saturated carbocycles. The van der Waals surface area contributed by atoms with Gasteiger partial charge in [0.2, 0.25) is 5.95 Å². The van der Waals surface area contributed by atoms with Gasteiger partial charge in [-0.1, -0.05) is 35.9 Å². The van der Waals surface area contributed by atoms with Gasteiger partial charge in [-0.3, -0.25) is 0 Å². The fourth-order valence-corrected chi connectivity index (χ4v) is 3.86. The van der Waals surface area contributed by atoms with Gasteiger partial charge in [0.05, 0.1) is 11.0 Å². The molecule has 1 aliphatic rings. The Hall–Kier alpha value is -3.35. The van der Waals surface area contributed by atoms with Crippen molar-refractivity contribution in [1.82, 2.24) is 9.55 Å². The molecule has 0 radical (unpaired) electrons. The number of nitrogens with zero attached hydrogens (tertiary/aromatic N) is 2. The topological polar surface area (TPSA) is 29.9 Å². The summed E-state index contributed by atoms with van der Waals surface area (Å²) in [5.41, 5.74) is 4.11. The molecular formula is C25H23F4N3. The second-order valence-electron chi connectivity index (χ2n) is 8.14. The number of hydrogen-bond donors (Lipinski definition) is 1. The number of imidazole rings is 1. The van der Waals surface area contributed by atoms with E-state index in [1.165, 1.54) is 6.08 Å². The van der Waals surface area contributed by atoms with Crippen LogP contribution in [0.3, 0.4) is 0 Å². The van der Waals surface area contributed by atoms with Crippen molar-refractivity contribution in [3.05, 3.63) is 83.7 Å². The van der Waals surface area contributed by atoms with E-state index in [9.17, 15) is 17.6 Å².